The SMILES string of the molecule is NCCC(=O)NCC1CCCCN1C(=O)Cn1cc([N+](=O)[O-])ccc1=O. The van der Waals surface area contributed by atoms with E-state index >= 15 is 0 Å². The fourth-order valence-corrected chi connectivity index (χ4v) is 2.98. The smallest absolute Gasteiger partial charge is 0.285 e. The molecule has 142 valence electrons. The van der Waals surface area contributed by atoms with Gasteiger partial charge in [0.05, 0.1) is 11.1 Å². The van der Waals surface area contributed by atoms with Crippen molar-refractivity contribution in [3.8, 4) is 0 Å². The van der Waals surface area contributed by atoms with E-state index in [-0.39, 0.29) is 43.1 Å². The van der Waals surface area contributed by atoms with Gasteiger partial charge in [-0.2, -0.15) is 0 Å². The molecule has 1 unspecified atom stereocenters. The van der Waals surface area contributed by atoms with Crippen LogP contribution in [0.3, 0.4) is 0 Å². The Morgan fingerprint density at radius 2 is 2.12 bits per heavy atom. The Labute approximate surface area is 150 Å². The van der Waals surface area contributed by atoms with Crippen molar-refractivity contribution in [3.63, 3.8) is 0 Å². The summed E-state index contributed by atoms with van der Waals surface area (Å²) in [4.78, 5) is 48.0. The molecule has 0 aliphatic carbocycles. The molecule has 10 heteroatoms. The number of amides is 2. The van der Waals surface area contributed by atoms with Crippen LogP contribution in [0.2, 0.25) is 0 Å². The van der Waals surface area contributed by atoms with Crippen molar-refractivity contribution in [2.45, 2.75) is 38.3 Å². The second-order valence-corrected chi connectivity index (χ2v) is 6.19. The van der Waals surface area contributed by atoms with Gasteiger partial charge in [0.25, 0.3) is 11.2 Å². The lowest BCUT2D eigenvalue weighted by atomic mass is 10.0. The first-order chi connectivity index (χ1) is 12.4. The van der Waals surface area contributed by atoms with Gasteiger partial charge in [0.15, 0.2) is 0 Å². The molecule has 0 spiro atoms. The zero-order valence-corrected chi connectivity index (χ0v) is 14.4. The van der Waals surface area contributed by atoms with Crippen LogP contribution in [0.4, 0.5) is 5.69 Å². The first kappa shape index (κ1) is 19.6. The zero-order valence-electron chi connectivity index (χ0n) is 14.4. The Hall–Kier alpha value is -2.75. The van der Waals surface area contributed by atoms with Crippen LogP contribution in [-0.4, -0.2) is 51.9 Å². The second-order valence-electron chi connectivity index (χ2n) is 6.19. The third kappa shape index (κ3) is 5.12. The summed E-state index contributed by atoms with van der Waals surface area (Å²) in [5, 5.41) is 13.6. The van der Waals surface area contributed by atoms with Crippen LogP contribution in [0.1, 0.15) is 25.7 Å². The Kier molecular flexibility index (Phi) is 6.84. The number of nitrogens with zero attached hydrogens (tertiary/aromatic N) is 3. The third-order valence-electron chi connectivity index (χ3n) is 4.34. The Morgan fingerprint density at radius 3 is 2.81 bits per heavy atom. The molecular weight excluding hydrogens is 342 g/mol. The summed E-state index contributed by atoms with van der Waals surface area (Å²) in [6, 6.07) is 2.03. The average molecular weight is 365 g/mol. The summed E-state index contributed by atoms with van der Waals surface area (Å²) >= 11 is 0. The molecular formula is C16H23N5O5. The van der Waals surface area contributed by atoms with E-state index in [2.05, 4.69) is 5.32 Å². The van der Waals surface area contributed by atoms with Gasteiger partial charge in [-0.05, 0) is 19.3 Å². The molecule has 0 aromatic carbocycles. The van der Waals surface area contributed by atoms with E-state index in [1.54, 1.807) is 4.90 Å². The van der Waals surface area contributed by atoms with Crippen LogP contribution in [0.15, 0.2) is 23.1 Å². The minimum atomic E-state index is -0.614. The predicted octanol–water partition coefficient (Wildman–Crippen LogP) is -0.397. The third-order valence-corrected chi connectivity index (χ3v) is 4.34. The molecule has 2 amide bonds. The standard InChI is InChI=1S/C16H23N5O5/c17-7-6-14(22)18-9-12-3-1-2-8-20(12)16(24)11-19-10-13(21(25)26)4-5-15(19)23/h4-5,10,12H,1-3,6-9,11,17H2,(H,18,22). The maximum Gasteiger partial charge on any atom is 0.285 e. The molecule has 0 bridgehead atoms. The number of pyridine rings is 1. The number of carbonyl (C=O) groups is 2. The summed E-state index contributed by atoms with van der Waals surface area (Å²) < 4.78 is 1.04. The van der Waals surface area contributed by atoms with E-state index in [4.69, 9.17) is 5.73 Å². The van der Waals surface area contributed by atoms with Gasteiger partial charge in [-0.3, -0.25) is 29.1 Å². The molecule has 2 heterocycles. The molecule has 2 rings (SSSR count). The van der Waals surface area contributed by atoms with Crippen molar-refractivity contribution in [1.29, 1.82) is 0 Å². The van der Waals surface area contributed by atoms with Gasteiger partial charge in [-0.1, -0.05) is 0 Å². The highest BCUT2D eigenvalue weighted by atomic mass is 16.6. The van der Waals surface area contributed by atoms with E-state index in [1.165, 1.54) is 0 Å². The lowest BCUT2D eigenvalue weighted by Gasteiger charge is -2.36. The van der Waals surface area contributed by atoms with E-state index in [0.717, 1.165) is 42.2 Å². The average Bonchev–Trinajstić information content (AvgIpc) is 2.62. The molecule has 0 saturated carbocycles. The maximum absolute atomic E-state index is 12.6. The molecule has 1 aromatic rings. The number of piperidine rings is 1. The van der Waals surface area contributed by atoms with Crippen LogP contribution in [-0.2, 0) is 16.1 Å². The Bertz CT molecular complexity index is 732. The molecule has 1 atom stereocenters. The van der Waals surface area contributed by atoms with E-state index in [0.29, 0.717) is 13.1 Å². The zero-order chi connectivity index (χ0) is 19.1. The molecule has 1 saturated heterocycles. The second kappa shape index (κ2) is 9.09. The number of nitrogens with one attached hydrogen (secondary N) is 1. The van der Waals surface area contributed by atoms with Crippen LogP contribution in [0.25, 0.3) is 0 Å². The lowest BCUT2D eigenvalue weighted by Crippen LogP contribution is -2.50. The first-order valence-electron chi connectivity index (χ1n) is 8.53. The number of aromatic nitrogens is 1. The summed E-state index contributed by atoms with van der Waals surface area (Å²) in [5.74, 6) is -0.467. The summed E-state index contributed by atoms with van der Waals surface area (Å²) in [6.07, 6.45) is 3.82. The number of likely N-dealkylation sites (tertiary alicyclic amines) is 1. The number of nitrogens with two attached hydrogens (primary N) is 1. The fraction of sp³-hybridized carbons (Fsp3) is 0.562. The Morgan fingerprint density at radius 1 is 1.35 bits per heavy atom. The Balaban J connectivity index is 2.06. The fourth-order valence-electron chi connectivity index (χ4n) is 2.98. The van der Waals surface area contributed by atoms with Gasteiger partial charge in [-0.15, -0.1) is 0 Å². The highest BCUT2D eigenvalue weighted by Gasteiger charge is 2.27. The van der Waals surface area contributed by atoms with E-state index in [9.17, 15) is 24.5 Å². The summed E-state index contributed by atoms with van der Waals surface area (Å²) in [7, 11) is 0. The van der Waals surface area contributed by atoms with Crippen molar-refractivity contribution < 1.29 is 14.5 Å². The molecule has 1 fully saturated rings. The van der Waals surface area contributed by atoms with Crippen molar-refractivity contribution in [2.75, 3.05) is 19.6 Å². The molecule has 26 heavy (non-hydrogen) atoms. The van der Waals surface area contributed by atoms with Crippen molar-refractivity contribution in [2.24, 2.45) is 5.73 Å². The van der Waals surface area contributed by atoms with Crippen molar-refractivity contribution >= 4 is 17.5 Å². The van der Waals surface area contributed by atoms with Crippen LogP contribution in [0.5, 0.6) is 0 Å². The van der Waals surface area contributed by atoms with E-state index < -0.39 is 10.5 Å². The normalized spacial score (nSPS) is 17.0. The number of nitro groups is 1. The van der Waals surface area contributed by atoms with Gasteiger partial charge in [0.1, 0.15) is 6.54 Å². The molecule has 10 nitrogen and oxygen atoms in total. The van der Waals surface area contributed by atoms with Crippen LogP contribution in [0, 0.1) is 10.1 Å². The van der Waals surface area contributed by atoms with Crippen LogP contribution >= 0.6 is 0 Å². The molecule has 3 N–H and O–H groups in total. The van der Waals surface area contributed by atoms with Gasteiger partial charge in [-0.25, -0.2) is 0 Å². The number of carbonyl (C=O) groups excluding carboxylic acids is 2. The highest BCUT2D eigenvalue weighted by Crippen LogP contribution is 2.17. The predicted molar refractivity (Wildman–Crippen MR) is 93.4 cm³/mol. The minimum absolute atomic E-state index is 0.160. The maximum atomic E-state index is 12.6. The monoisotopic (exact) mass is 365 g/mol. The molecule has 0 radical (unpaired) electrons. The topological polar surface area (TPSA) is 141 Å². The molecule has 1 aliphatic rings. The van der Waals surface area contributed by atoms with Gasteiger partial charge in [0.2, 0.25) is 11.8 Å². The molecule has 1 aliphatic heterocycles. The summed E-state index contributed by atoms with van der Waals surface area (Å²) in [5.41, 5.74) is 4.62. The minimum Gasteiger partial charge on any atom is -0.354 e. The summed E-state index contributed by atoms with van der Waals surface area (Å²) in [6.45, 7) is 0.844. The van der Waals surface area contributed by atoms with Gasteiger partial charge >= 0.3 is 0 Å². The van der Waals surface area contributed by atoms with Gasteiger partial charge < -0.3 is 16.0 Å². The number of rotatable bonds is 7. The first-order valence-corrected chi connectivity index (χ1v) is 8.53. The van der Waals surface area contributed by atoms with Crippen molar-refractivity contribution in [3.05, 3.63) is 38.8 Å². The molecule has 1 aromatic heterocycles. The van der Waals surface area contributed by atoms with Gasteiger partial charge in [0, 0.05) is 44.2 Å². The van der Waals surface area contributed by atoms with Crippen molar-refractivity contribution in [1.82, 2.24) is 14.8 Å². The number of hydrogen-bond acceptors (Lipinski definition) is 6. The van der Waals surface area contributed by atoms with E-state index in [1.807, 2.05) is 0 Å². The van der Waals surface area contributed by atoms with Crippen LogP contribution < -0.4 is 16.6 Å². The quantitative estimate of drug-likeness (QED) is 0.498. The number of hydrogen-bond donors (Lipinski definition) is 2. The largest absolute Gasteiger partial charge is 0.354 e. The lowest BCUT2D eigenvalue weighted by molar-refractivity contribution is -0.385. The highest BCUT2D eigenvalue weighted by molar-refractivity contribution is 5.77.